The van der Waals surface area contributed by atoms with Crippen molar-refractivity contribution in [3.63, 3.8) is 0 Å². The summed E-state index contributed by atoms with van der Waals surface area (Å²) in [5.41, 5.74) is 3.94. The highest BCUT2D eigenvalue weighted by molar-refractivity contribution is 5.76. The number of piperazine rings is 1. The molecule has 1 aromatic heterocycles. The summed E-state index contributed by atoms with van der Waals surface area (Å²) in [7, 11) is 0. The van der Waals surface area contributed by atoms with Gasteiger partial charge in [-0.2, -0.15) is 0 Å². The summed E-state index contributed by atoms with van der Waals surface area (Å²) in [5.74, 6) is 1.13. The van der Waals surface area contributed by atoms with E-state index < -0.39 is 0 Å². The van der Waals surface area contributed by atoms with E-state index in [1.807, 2.05) is 18.7 Å². The molecule has 2 heterocycles. The molecule has 0 N–H and O–H groups in total. The number of hydrogen-bond donors (Lipinski definition) is 0. The van der Waals surface area contributed by atoms with E-state index in [-0.39, 0.29) is 11.8 Å². The summed E-state index contributed by atoms with van der Waals surface area (Å²) in [5, 5.41) is 8.22. The maximum Gasteiger partial charge on any atom is 0.318 e. The normalized spacial score (nSPS) is 14.9. The van der Waals surface area contributed by atoms with Gasteiger partial charge in [-0.3, -0.25) is 4.79 Å². The zero-order valence-electron chi connectivity index (χ0n) is 16.9. The van der Waals surface area contributed by atoms with Gasteiger partial charge in [0.05, 0.1) is 0 Å². The Kier molecular flexibility index (Phi) is 6.14. The monoisotopic (exact) mass is 370 g/mol. The zero-order chi connectivity index (χ0) is 19.4. The summed E-state index contributed by atoms with van der Waals surface area (Å²) >= 11 is 0. The molecule has 1 aliphatic rings. The highest BCUT2D eigenvalue weighted by atomic mass is 16.4. The van der Waals surface area contributed by atoms with Gasteiger partial charge in [-0.25, -0.2) is 0 Å². The smallest absolute Gasteiger partial charge is 0.318 e. The lowest BCUT2D eigenvalue weighted by molar-refractivity contribution is -0.131. The van der Waals surface area contributed by atoms with Gasteiger partial charge in [-0.15, -0.1) is 5.10 Å². The molecule has 0 aliphatic carbocycles. The molecule has 0 saturated carbocycles. The molecule has 2 aromatic rings. The van der Waals surface area contributed by atoms with Crippen LogP contribution < -0.4 is 4.90 Å². The van der Waals surface area contributed by atoms with E-state index in [2.05, 4.69) is 47.1 Å². The van der Waals surface area contributed by atoms with Crippen molar-refractivity contribution in [2.45, 2.75) is 52.9 Å². The van der Waals surface area contributed by atoms with Crippen LogP contribution in [0.25, 0.3) is 0 Å². The minimum absolute atomic E-state index is 0.228. The van der Waals surface area contributed by atoms with Crippen LogP contribution in [0.4, 0.5) is 6.01 Å². The maximum absolute atomic E-state index is 12.5. The van der Waals surface area contributed by atoms with Gasteiger partial charge in [-0.05, 0) is 43.4 Å². The van der Waals surface area contributed by atoms with Gasteiger partial charge in [-0.1, -0.05) is 37.1 Å². The zero-order valence-corrected chi connectivity index (χ0v) is 16.9. The molecule has 1 aliphatic heterocycles. The van der Waals surface area contributed by atoms with E-state index in [0.29, 0.717) is 31.4 Å². The number of nitrogens with zero attached hydrogens (tertiary/aromatic N) is 4. The van der Waals surface area contributed by atoms with Crippen LogP contribution in [0.2, 0.25) is 0 Å². The first-order valence-electron chi connectivity index (χ1n) is 9.86. The summed E-state index contributed by atoms with van der Waals surface area (Å²) in [6.45, 7) is 11.2. The fourth-order valence-electron chi connectivity index (χ4n) is 3.30. The Morgan fingerprint density at radius 3 is 2.48 bits per heavy atom. The third kappa shape index (κ3) is 4.87. The molecular formula is C21H30N4O2. The topological polar surface area (TPSA) is 62.5 Å². The Morgan fingerprint density at radius 2 is 1.85 bits per heavy atom. The van der Waals surface area contributed by atoms with Gasteiger partial charge < -0.3 is 14.2 Å². The second-order valence-corrected chi connectivity index (χ2v) is 7.72. The largest absolute Gasteiger partial charge is 0.408 e. The minimum Gasteiger partial charge on any atom is -0.408 e. The van der Waals surface area contributed by atoms with Gasteiger partial charge in [0.2, 0.25) is 11.8 Å². The number of amides is 1. The first-order valence-corrected chi connectivity index (χ1v) is 9.86. The summed E-state index contributed by atoms with van der Waals surface area (Å²) in [6, 6.07) is 7.13. The number of aryl methyl sites for hydroxylation is 3. The molecule has 0 spiro atoms. The Bertz CT molecular complexity index is 776. The molecular weight excluding hydrogens is 340 g/mol. The average molecular weight is 370 g/mol. The molecule has 6 nitrogen and oxygen atoms in total. The van der Waals surface area contributed by atoms with Gasteiger partial charge in [0.15, 0.2) is 0 Å². The summed E-state index contributed by atoms with van der Waals surface area (Å²) in [4.78, 5) is 16.5. The second kappa shape index (κ2) is 8.55. The molecule has 0 atom stereocenters. The van der Waals surface area contributed by atoms with Crippen LogP contribution in [0, 0.1) is 13.8 Å². The lowest BCUT2D eigenvalue weighted by atomic mass is 10.0. The molecule has 0 radical (unpaired) electrons. The fraction of sp³-hybridized carbons (Fsp3) is 0.571. The number of carbonyl (C=O) groups is 1. The van der Waals surface area contributed by atoms with Crippen molar-refractivity contribution in [1.29, 1.82) is 0 Å². The summed E-state index contributed by atoms with van der Waals surface area (Å²) < 4.78 is 5.71. The van der Waals surface area contributed by atoms with Crippen LogP contribution >= 0.6 is 0 Å². The van der Waals surface area contributed by atoms with Gasteiger partial charge in [0, 0.05) is 38.5 Å². The number of anilines is 1. The van der Waals surface area contributed by atoms with Crippen LogP contribution in [0.1, 0.15) is 55.2 Å². The van der Waals surface area contributed by atoms with Crippen LogP contribution in [0.15, 0.2) is 22.6 Å². The standard InChI is InChI=1S/C21H30N4O2/c1-15(2)20-22-23-21(27-20)25-12-10-24(11-13-25)19(26)7-5-6-18-9-8-16(3)17(4)14-18/h8-9,14-15H,5-7,10-13H2,1-4H3. The molecule has 0 bridgehead atoms. The van der Waals surface area contributed by atoms with E-state index >= 15 is 0 Å². The van der Waals surface area contributed by atoms with E-state index in [4.69, 9.17) is 4.42 Å². The molecule has 0 unspecified atom stereocenters. The first-order chi connectivity index (χ1) is 12.9. The van der Waals surface area contributed by atoms with Gasteiger partial charge >= 0.3 is 6.01 Å². The number of hydrogen-bond acceptors (Lipinski definition) is 5. The minimum atomic E-state index is 0.228. The molecule has 1 fully saturated rings. The third-order valence-corrected chi connectivity index (χ3v) is 5.25. The molecule has 27 heavy (non-hydrogen) atoms. The fourth-order valence-corrected chi connectivity index (χ4v) is 3.30. The molecule has 3 rings (SSSR count). The van der Waals surface area contributed by atoms with Crippen molar-refractivity contribution in [3.05, 3.63) is 40.8 Å². The van der Waals surface area contributed by atoms with Crippen molar-refractivity contribution in [1.82, 2.24) is 15.1 Å². The van der Waals surface area contributed by atoms with Crippen molar-refractivity contribution >= 4 is 11.9 Å². The van der Waals surface area contributed by atoms with E-state index in [1.165, 1.54) is 16.7 Å². The Labute approximate surface area is 161 Å². The quantitative estimate of drug-likeness (QED) is 0.779. The highest BCUT2D eigenvalue weighted by Crippen LogP contribution is 2.20. The van der Waals surface area contributed by atoms with Crippen molar-refractivity contribution in [2.24, 2.45) is 0 Å². The molecule has 1 aromatic carbocycles. The molecule has 1 amide bonds. The Morgan fingerprint density at radius 1 is 1.11 bits per heavy atom. The first kappa shape index (κ1) is 19.4. The molecule has 146 valence electrons. The van der Waals surface area contributed by atoms with Gasteiger partial charge in [0.1, 0.15) is 0 Å². The molecule has 6 heteroatoms. The van der Waals surface area contributed by atoms with Crippen molar-refractivity contribution in [3.8, 4) is 0 Å². The predicted molar refractivity (Wildman–Crippen MR) is 106 cm³/mol. The van der Waals surface area contributed by atoms with Crippen LogP contribution in [0.3, 0.4) is 0 Å². The van der Waals surface area contributed by atoms with Gasteiger partial charge in [0.25, 0.3) is 0 Å². The molecule has 1 saturated heterocycles. The van der Waals surface area contributed by atoms with Crippen molar-refractivity contribution in [2.75, 3.05) is 31.1 Å². The van der Waals surface area contributed by atoms with Crippen molar-refractivity contribution < 1.29 is 9.21 Å². The van der Waals surface area contributed by atoms with E-state index in [1.54, 1.807) is 0 Å². The number of rotatable bonds is 6. The predicted octanol–water partition coefficient (Wildman–Crippen LogP) is 3.48. The lowest BCUT2D eigenvalue weighted by Crippen LogP contribution is -2.48. The van der Waals surface area contributed by atoms with Crippen LogP contribution in [-0.4, -0.2) is 47.2 Å². The number of carbonyl (C=O) groups excluding carboxylic acids is 1. The van der Waals surface area contributed by atoms with Crippen LogP contribution in [0.5, 0.6) is 0 Å². The Hall–Kier alpha value is -2.37. The SMILES string of the molecule is Cc1ccc(CCCC(=O)N2CCN(c3nnc(C(C)C)o3)CC2)cc1C. The van der Waals surface area contributed by atoms with E-state index in [0.717, 1.165) is 25.9 Å². The number of aromatic nitrogens is 2. The third-order valence-electron chi connectivity index (χ3n) is 5.25. The van der Waals surface area contributed by atoms with Crippen LogP contribution in [-0.2, 0) is 11.2 Å². The van der Waals surface area contributed by atoms with E-state index in [9.17, 15) is 4.79 Å². The summed E-state index contributed by atoms with van der Waals surface area (Å²) in [6.07, 6.45) is 2.45. The average Bonchev–Trinajstić information content (AvgIpc) is 3.15. The number of benzene rings is 1. The highest BCUT2D eigenvalue weighted by Gasteiger charge is 2.24. The lowest BCUT2D eigenvalue weighted by Gasteiger charge is -2.33. The Balaban J connectivity index is 1.43. The maximum atomic E-state index is 12.5. The second-order valence-electron chi connectivity index (χ2n) is 7.72.